The molecule has 0 spiro atoms. The fraction of sp³-hybridized carbons (Fsp3) is 0.348. The van der Waals surface area contributed by atoms with Crippen LogP contribution in [0.4, 0.5) is 10.1 Å². The van der Waals surface area contributed by atoms with Crippen LogP contribution in [0.15, 0.2) is 42.6 Å². The summed E-state index contributed by atoms with van der Waals surface area (Å²) in [6.45, 7) is 0. The summed E-state index contributed by atoms with van der Waals surface area (Å²) in [5.74, 6) is -0.435. The predicted molar refractivity (Wildman–Crippen MR) is 106 cm³/mol. The standard InChI is InChI=1S/C23H20FN3O2/c24-15-2-1-10(7-11(15)9-25)21-20-14-8-13(22(28)23(14)29)19(20)18-12-5-6-26-16(12)3-4-17(18)27-21/h1-7,13-14,19-23,26-29H,8H2/t13?,14?,19-,20-,21+,22?,23?/m1/s1. The van der Waals surface area contributed by atoms with E-state index >= 15 is 0 Å². The van der Waals surface area contributed by atoms with E-state index in [-0.39, 0.29) is 35.3 Å². The van der Waals surface area contributed by atoms with E-state index in [2.05, 4.69) is 16.4 Å². The average Bonchev–Trinajstić information content (AvgIpc) is 3.43. The van der Waals surface area contributed by atoms with Crippen molar-refractivity contribution in [1.29, 1.82) is 5.26 Å². The van der Waals surface area contributed by atoms with Gasteiger partial charge in [0, 0.05) is 22.8 Å². The van der Waals surface area contributed by atoms with Crippen LogP contribution in [0.1, 0.15) is 35.1 Å². The molecule has 2 aliphatic carbocycles. The zero-order chi connectivity index (χ0) is 19.9. The molecule has 2 fully saturated rings. The van der Waals surface area contributed by atoms with E-state index in [1.54, 1.807) is 12.1 Å². The Labute approximate surface area is 166 Å². The van der Waals surface area contributed by atoms with Crippen molar-refractivity contribution in [2.24, 2.45) is 17.8 Å². The van der Waals surface area contributed by atoms with Gasteiger partial charge in [-0.05, 0) is 71.6 Å². The molecule has 0 saturated heterocycles. The molecule has 4 N–H and O–H groups in total. The van der Waals surface area contributed by atoms with Gasteiger partial charge in [0.05, 0.1) is 23.8 Å². The molecule has 5 nitrogen and oxygen atoms in total. The number of nitrogens with one attached hydrogen (secondary N) is 2. The number of hydrogen-bond donors (Lipinski definition) is 4. The molecule has 2 aromatic carbocycles. The van der Waals surface area contributed by atoms with E-state index < -0.39 is 18.0 Å². The van der Waals surface area contributed by atoms with Gasteiger partial charge in [0.2, 0.25) is 0 Å². The van der Waals surface area contributed by atoms with E-state index in [4.69, 9.17) is 0 Å². The van der Waals surface area contributed by atoms with Gasteiger partial charge < -0.3 is 20.5 Å². The number of aromatic nitrogens is 1. The van der Waals surface area contributed by atoms with Crippen LogP contribution in [0.5, 0.6) is 0 Å². The number of nitriles is 1. The van der Waals surface area contributed by atoms with Crippen molar-refractivity contribution in [2.75, 3.05) is 5.32 Å². The highest BCUT2D eigenvalue weighted by atomic mass is 19.1. The van der Waals surface area contributed by atoms with E-state index in [9.17, 15) is 19.9 Å². The van der Waals surface area contributed by atoms with Crippen molar-refractivity contribution in [1.82, 2.24) is 4.98 Å². The molecule has 3 aromatic rings. The number of rotatable bonds is 1. The lowest BCUT2D eigenvalue weighted by Crippen LogP contribution is -2.46. The number of halogens is 1. The predicted octanol–water partition coefficient (Wildman–Crippen LogP) is 3.42. The number of aliphatic hydroxyl groups is 2. The van der Waals surface area contributed by atoms with Gasteiger partial charge in [-0.1, -0.05) is 6.07 Å². The number of nitrogens with zero attached hydrogens (tertiary/aromatic N) is 1. The van der Waals surface area contributed by atoms with Crippen LogP contribution >= 0.6 is 0 Å². The van der Waals surface area contributed by atoms with Crippen LogP contribution in [0.2, 0.25) is 0 Å². The molecule has 0 amide bonds. The first-order chi connectivity index (χ1) is 14.1. The van der Waals surface area contributed by atoms with Gasteiger partial charge in [0.1, 0.15) is 11.9 Å². The summed E-state index contributed by atoms with van der Waals surface area (Å²) in [7, 11) is 0. The number of H-pyrrole nitrogens is 1. The minimum Gasteiger partial charge on any atom is -0.390 e. The summed E-state index contributed by atoms with van der Waals surface area (Å²) in [6.07, 6.45) is 1.20. The number of anilines is 1. The minimum absolute atomic E-state index is 0.0141. The quantitative estimate of drug-likeness (QED) is 0.513. The molecule has 0 radical (unpaired) electrons. The van der Waals surface area contributed by atoms with Crippen LogP contribution < -0.4 is 5.32 Å². The molecule has 2 heterocycles. The fourth-order valence-electron chi connectivity index (χ4n) is 6.29. The second-order valence-electron chi connectivity index (χ2n) is 8.59. The first kappa shape index (κ1) is 17.0. The molecule has 7 atom stereocenters. The fourth-order valence-corrected chi connectivity index (χ4v) is 6.29. The highest BCUT2D eigenvalue weighted by Gasteiger charge is 2.61. The Morgan fingerprint density at radius 3 is 2.72 bits per heavy atom. The minimum atomic E-state index is -0.756. The van der Waals surface area contributed by atoms with Gasteiger partial charge in [0.15, 0.2) is 0 Å². The van der Waals surface area contributed by atoms with E-state index in [1.165, 1.54) is 11.6 Å². The third kappa shape index (κ3) is 2.14. The zero-order valence-electron chi connectivity index (χ0n) is 15.5. The lowest BCUT2D eigenvalue weighted by Gasteiger charge is -2.46. The summed E-state index contributed by atoms with van der Waals surface area (Å²) in [5, 5.41) is 35.4. The Morgan fingerprint density at radius 2 is 1.90 bits per heavy atom. The maximum Gasteiger partial charge on any atom is 0.140 e. The molecule has 4 unspecified atom stereocenters. The molecular formula is C23H20FN3O2. The molecule has 3 aliphatic rings. The van der Waals surface area contributed by atoms with E-state index in [0.29, 0.717) is 0 Å². The molecule has 1 aromatic heterocycles. The Kier molecular flexibility index (Phi) is 3.41. The Morgan fingerprint density at radius 1 is 1.07 bits per heavy atom. The first-order valence-corrected chi connectivity index (χ1v) is 10.0. The van der Waals surface area contributed by atoms with Crippen LogP contribution in [0.3, 0.4) is 0 Å². The number of fused-ring (bicyclic) bond motifs is 9. The third-order valence-corrected chi connectivity index (χ3v) is 7.42. The molecule has 29 heavy (non-hydrogen) atoms. The molecule has 2 saturated carbocycles. The van der Waals surface area contributed by atoms with Crippen molar-refractivity contribution in [3.63, 3.8) is 0 Å². The van der Waals surface area contributed by atoms with Crippen molar-refractivity contribution in [3.8, 4) is 6.07 Å². The lowest BCUT2D eigenvalue weighted by atomic mass is 9.66. The van der Waals surface area contributed by atoms with Crippen LogP contribution in [0.25, 0.3) is 10.9 Å². The zero-order valence-corrected chi connectivity index (χ0v) is 15.5. The average molecular weight is 389 g/mol. The third-order valence-electron chi connectivity index (χ3n) is 7.42. The van der Waals surface area contributed by atoms with Crippen LogP contribution in [0, 0.1) is 34.9 Å². The maximum absolute atomic E-state index is 13.9. The topological polar surface area (TPSA) is 92.1 Å². The van der Waals surface area contributed by atoms with E-state index in [0.717, 1.165) is 28.6 Å². The van der Waals surface area contributed by atoms with Crippen LogP contribution in [-0.2, 0) is 0 Å². The van der Waals surface area contributed by atoms with Gasteiger partial charge in [-0.3, -0.25) is 0 Å². The smallest absolute Gasteiger partial charge is 0.140 e. The molecule has 1 aliphatic heterocycles. The van der Waals surface area contributed by atoms with Crippen molar-refractivity contribution in [3.05, 3.63) is 65.1 Å². The lowest BCUT2D eigenvalue weighted by molar-refractivity contribution is -0.0465. The largest absolute Gasteiger partial charge is 0.390 e. The summed E-state index contributed by atoms with van der Waals surface area (Å²) in [6, 6.07) is 12.6. The summed E-state index contributed by atoms with van der Waals surface area (Å²) >= 11 is 0. The Hall–Kier alpha value is -2.88. The highest BCUT2D eigenvalue weighted by molar-refractivity contribution is 5.89. The first-order valence-electron chi connectivity index (χ1n) is 10.0. The summed E-state index contributed by atoms with van der Waals surface area (Å²) < 4.78 is 13.9. The second kappa shape index (κ2) is 5.82. The van der Waals surface area contributed by atoms with Gasteiger partial charge in [-0.2, -0.15) is 5.26 Å². The number of hydrogen-bond acceptors (Lipinski definition) is 4. The van der Waals surface area contributed by atoms with Gasteiger partial charge in [-0.25, -0.2) is 4.39 Å². The normalized spacial score (nSPS) is 34.5. The van der Waals surface area contributed by atoms with Crippen molar-refractivity contribution in [2.45, 2.75) is 30.6 Å². The van der Waals surface area contributed by atoms with Crippen molar-refractivity contribution >= 4 is 16.6 Å². The molecular weight excluding hydrogens is 369 g/mol. The molecule has 6 rings (SSSR count). The SMILES string of the molecule is N#Cc1cc([C@@H]2Nc3ccc4[nH]ccc4c3[C@H]3C4CC(C(O)C4O)[C@@H]23)ccc1F. The maximum atomic E-state index is 13.9. The number of aliphatic hydroxyl groups excluding tert-OH is 2. The Bertz CT molecular complexity index is 1180. The second-order valence-corrected chi connectivity index (χ2v) is 8.59. The monoisotopic (exact) mass is 389 g/mol. The molecule has 6 heteroatoms. The Balaban J connectivity index is 1.56. The van der Waals surface area contributed by atoms with Gasteiger partial charge >= 0.3 is 0 Å². The van der Waals surface area contributed by atoms with Gasteiger partial charge in [0.25, 0.3) is 0 Å². The number of benzene rings is 2. The summed E-state index contributed by atoms with van der Waals surface area (Å²) in [4.78, 5) is 3.26. The number of aromatic amines is 1. The van der Waals surface area contributed by atoms with Gasteiger partial charge in [-0.15, -0.1) is 0 Å². The van der Waals surface area contributed by atoms with Crippen molar-refractivity contribution < 1.29 is 14.6 Å². The highest BCUT2D eigenvalue weighted by Crippen LogP contribution is 2.64. The summed E-state index contributed by atoms with van der Waals surface area (Å²) in [5.41, 5.74) is 4.10. The molecule has 2 bridgehead atoms. The van der Waals surface area contributed by atoms with E-state index in [1.807, 2.05) is 24.4 Å². The molecule has 146 valence electrons. The van der Waals surface area contributed by atoms with Crippen LogP contribution in [-0.4, -0.2) is 27.4 Å².